The zero-order valence-corrected chi connectivity index (χ0v) is 11.9. The van der Waals surface area contributed by atoms with Crippen LogP contribution in [0.1, 0.15) is 24.7 Å². The molecule has 1 heterocycles. The minimum Gasteiger partial charge on any atom is -0.468 e. The molecule has 1 aromatic carbocycles. The average molecular weight is 295 g/mol. The van der Waals surface area contributed by atoms with Gasteiger partial charge in [-0.3, -0.25) is 4.90 Å². The molecule has 1 unspecified atom stereocenters. The van der Waals surface area contributed by atoms with Crippen LogP contribution in [-0.2, 0) is 13.1 Å². The van der Waals surface area contributed by atoms with Crippen molar-refractivity contribution in [2.45, 2.75) is 32.5 Å². The van der Waals surface area contributed by atoms with Crippen LogP contribution in [0.5, 0.6) is 0 Å². The van der Waals surface area contributed by atoms with Gasteiger partial charge in [-0.05, 0) is 24.6 Å². The number of hydrogen-bond donors (Lipinski definition) is 1. The Bertz CT molecular complexity index is 557. The van der Waals surface area contributed by atoms with Gasteiger partial charge in [0.25, 0.3) is 0 Å². The summed E-state index contributed by atoms with van der Waals surface area (Å²) in [6, 6.07) is 7.14. The van der Waals surface area contributed by atoms with E-state index in [1.54, 1.807) is 12.3 Å². The quantitative estimate of drug-likeness (QED) is 0.851. The largest absolute Gasteiger partial charge is 0.468 e. The number of furan rings is 1. The van der Waals surface area contributed by atoms with Crippen molar-refractivity contribution in [3.05, 3.63) is 59.6 Å². The van der Waals surface area contributed by atoms with Crippen molar-refractivity contribution in [3.8, 4) is 0 Å². The first kappa shape index (κ1) is 15.7. The van der Waals surface area contributed by atoms with Crippen LogP contribution >= 0.6 is 0 Å². The molecule has 0 fully saturated rings. The second-order valence-corrected chi connectivity index (χ2v) is 5.05. The molecule has 0 saturated carbocycles. The van der Waals surface area contributed by atoms with E-state index in [0.29, 0.717) is 25.1 Å². The monoisotopic (exact) mass is 295 g/mol. The summed E-state index contributed by atoms with van der Waals surface area (Å²) in [6.45, 7) is 3.02. The fraction of sp³-hybridized carbons (Fsp3) is 0.375. The standard InChI is InChI=1S/C16H19F2NO2/c1-2-14(20)10-19(11-15-4-3-7-21-15)9-12-5-6-13(17)8-16(12)18/h3-8,14,20H,2,9-11H2,1H3. The molecule has 3 nitrogen and oxygen atoms in total. The molecule has 1 atom stereocenters. The summed E-state index contributed by atoms with van der Waals surface area (Å²) in [4.78, 5) is 1.88. The van der Waals surface area contributed by atoms with E-state index in [9.17, 15) is 13.9 Å². The molecular formula is C16H19F2NO2. The van der Waals surface area contributed by atoms with Gasteiger partial charge in [0, 0.05) is 24.7 Å². The molecular weight excluding hydrogens is 276 g/mol. The van der Waals surface area contributed by atoms with Gasteiger partial charge >= 0.3 is 0 Å². The lowest BCUT2D eigenvalue weighted by Crippen LogP contribution is -2.31. The molecule has 0 radical (unpaired) electrons. The molecule has 0 saturated heterocycles. The number of aliphatic hydroxyl groups excluding tert-OH is 1. The van der Waals surface area contributed by atoms with Gasteiger partial charge in [-0.15, -0.1) is 0 Å². The molecule has 21 heavy (non-hydrogen) atoms. The van der Waals surface area contributed by atoms with Crippen LogP contribution in [0.3, 0.4) is 0 Å². The van der Waals surface area contributed by atoms with E-state index in [1.165, 1.54) is 12.1 Å². The van der Waals surface area contributed by atoms with Crippen LogP contribution in [0.2, 0.25) is 0 Å². The van der Waals surface area contributed by atoms with Crippen molar-refractivity contribution in [1.29, 1.82) is 0 Å². The Morgan fingerprint density at radius 3 is 2.67 bits per heavy atom. The van der Waals surface area contributed by atoms with Crippen LogP contribution in [0.25, 0.3) is 0 Å². The fourth-order valence-electron chi connectivity index (χ4n) is 2.13. The summed E-state index contributed by atoms with van der Waals surface area (Å²) in [5, 5.41) is 9.82. The molecule has 0 aliphatic rings. The minimum absolute atomic E-state index is 0.282. The molecule has 1 N–H and O–H groups in total. The van der Waals surface area contributed by atoms with Crippen molar-refractivity contribution < 1.29 is 18.3 Å². The van der Waals surface area contributed by atoms with Crippen LogP contribution in [0.15, 0.2) is 41.0 Å². The van der Waals surface area contributed by atoms with E-state index in [0.717, 1.165) is 11.8 Å². The van der Waals surface area contributed by atoms with Crippen molar-refractivity contribution >= 4 is 0 Å². The summed E-state index contributed by atoms with van der Waals surface area (Å²) >= 11 is 0. The lowest BCUT2D eigenvalue weighted by atomic mass is 10.1. The van der Waals surface area contributed by atoms with E-state index in [1.807, 2.05) is 17.9 Å². The lowest BCUT2D eigenvalue weighted by molar-refractivity contribution is 0.0967. The van der Waals surface area contributed by atoms with E-state index in [4.69, 9.17) is 4.42 Å². The highest BCUT2D eigenvalue weighted by atomic mass is 19.1. The molecule has 0 amide bonds. The SMILES string of the molecule is CCC(O)CN(Cc1ccco1)Cc1ccc(F)cc1F. The molecule has 2 aromatic rings. The Labute approximate surface area is 122 Å². The number of halogens is 2. The third-order valence-corrected chi connectivity index (χ3v) is 3.31. The first-order valence-electron chi connectivity index (χ1n) is 6.95. The zero-order valence-electron chi connectivity index (χ0n) is 11.9. The normalized spacial score (nSPS) is 12.8. The van der Waals surface area contributed by atoms with Crippen LogP contribution in [0, 0.1) is 11.6 Å². The molecule has 114 valence electrons. The minimum atomic E-state index is -0.595. The average Bonchev–Trinajstić information content (AvgIpc) is 2.94. The molecule has 0 aliphatic carbocycles. The van der Waals surface area contributed by atoms with Gasteiger partial charge in [-0.1, -0.05) is 13.0 Å². The summed E-state index contributed by atoms with van der Waals surface area (Å²) in [5.74, 6) is -0.436. The summed E-state index contributed by atoms with van der Waals surface area (Å²) in [7, 11) is 0. The molecule has 0 aliphatic heterocycles. The third-order valence-electron chi connectivity index (χ3n) is 3.31. The maximum absolute atomic E-state index is 13.8. The zero-order chi connectivity index (χ0) is 15.2. The number of rotatable bonds is 7. The van der Waals surface area contributed by atoms with Crippen molar-refractivity contribution in [1.82, 2.24) is 4.90 Å². The first-order chi connectivity index (χ1) is 10.1. The van der Waals surface area contributed by atoms with Gasteiger partial charge in [0.2, 0.25) is 0 Å². The smallest absolute Gasteiger partial charge is 0.130 e. The Morgan fingerprint density at radius 1 is 1.24 bits per heavy atom. The number of aliphatic hydroxyl groups is 1. The van der Waals surface area contributed by atoms with Gasteiger partial charge in [0.15, 0.2) is 0 Å². The van der Waals surface area contributed by atoms with Gasteiger partial charge in [-0.2, -0.15) is 0 Å². The van der Waals surface area contributed by atoms with Gasteiger partial charge in [0.05, 0.1) is 18.9 Å². The summed E-state index contributed by atoms with van der Waals surface area (Å²) < 4.78 is 32.0. The molecule has 5 heteroatoms. The number of benzene rings is 1. The topological polar surface area (TPSA) is 36.6 Å². The Balaban J connectivity index is 2.10. The van der Waals surface area contributed by atoms with Crippen LogP contribution in [-0.4, -0.2) is 22.7 Å². The van der Waals surface area contributed by atoms with Crippen molar-refractivity contribution in [3.63, 3.8) is 0 Å². The fourth-order valence-corrected chi connectivity index (χ4v) is 2.13. The second-order valence-electron chi connectivity index (χ2n) is 5.05. The predicted octanol–water partition coefficient (Wildman–Crippen LogP) is 3.33. The highest BCUT2D eigenvalue weighted by molar-refractivity contribution is 5.18. The van der Waals surface area contributed by atoms with Gasteiger partial charge in [-0.25, -0.2) is 8.78 Å². The van der Waals surface area contributed by atoms with Crippen LogP contribution in [0.4, 0.5) is 8.78 Å². The molecule has 0 spiro atoms. The summed E-state index contributed by atoms with van der Waals surface area (Å²) in [5.41, 5.74) is 0.395. The van der Waals surface area contributed by atoms with E-state index < -0.39 is 17.7 Å². The molecule has 1 aromatic heterocycles. The maximum Gasteiger partial charge on any atom is 0.130 e. The van der Waals surface area contributed by atoms with Crippen molar-refractivity contribution in [2.75, 3.05) is 6.54 Å². The lowest BCUT2D eigenvalue weighted by Gasteiger charge is -2.24. The highest BCUT2D eigenvalue weighted by Gasteiger charge is 2.15. The maximum atomic E-state index is 13.8. The molecule has 2 rings (SSSR count). The third kappa shape index (κ3) is 4.65. The Hall–Kier alpha value is -1.72. The Morgan fingerprint density at radius 2 is 2.05 bits per heavy atom. The van der Waals surface area contributed by atoms with Crippen LogP contribution < -0.4 is 0 Å². The molecule has 0 bridgehead atoms. The first-order valence-corrected chi connectivity index (χ1v) is 6.95. The van der Waals surface area contributed by atoms with Crippen molar-refractivity contribution in [2.24, 2.45) is 0 Å². The summed E-state index contributed by atoms with van der Waals surface area (Å²) in [6.07, 6.45) is 1.69. The highest BCUT2D eigenvalue weighted by Crippen LogP contribution is 2.15. The number of nitrogens with zero attached hydrogens (tertiary/aromatic N) is 1. The van der Waals surface area contributed by atoms with E-state index in [2.05, 4.69) is 0 Å². The Kier molecular flexibility index (Phi) is 5.47. The van der Waals surface area contributed by atoms with E-state index in [-0.39, 0.29) is 6.54 Å². The van der Waals surface area contributed by atoms with Gasteiger partial charge in [0.1, 0.15) is 17.4 Å². The van der Waals surface area contributed by atoms with E-state index >= 15 is 0 Å². The second kappa shape index (κ2) is 7.33. The van der Waals surface area contributed by atoms with Gasteiger partial charge < -0.3 is 9.52 Å². The number of hydrogen-bond acceptors (Lipinski definition) is 3. The predicted molar refractivity (Wildman–Crippen MR) is 75.5 cm³/mol.